The van der Waals surface area contributed by atoms with Crippen LogP contribution in [0.4, 0.5) is 0 Å². The number of Topliss-reactive ketones (excluding diaryl/α,β-unsaturated/α-hetero) is 2. The Morgan fingerprint density at radius 3 is 1.91 bits per heavy atom. The smallest absolute Gasteiger partial charge is 0.149 e. The Bertz CT molecular complexity index is 190. The molecule has 3 heteroatoms. The van der Waals surface area contributed by atoms with E-state index in [2.05, 4.69) is 5.32 Å². The van der Waals surface area contributed by atoms with Crippen molar-refractivity contribution in [2.24, 2.45) is 0 Å². The first kappa shape index (κ1) is 6.98. The van der Waals surface area contributed by atoms with Gasteiger partial charge in [0.1, 0.15) is 11.6 Å². The topological polar surface area (TPSA) is 46.2 Å². The number of ketones is 2. The number of hydrogen-bond acceptors (Lipinski definition) is 3. The van der Waals surface area contributed by atoms with E-state index in [0.29, 0.717) is 25.7 Å². The summed E-state index contributed by atoms with van der Waals surface area (Å²) in [6.45, 7) is 0. The zero-order valence-corrected chi connectivity index (χ0v) is 6.30. The van der Waals surface area contributed by atoms with E-state index in [1.54, 1.807) is 0 Å². The first-order valence-electron chi connectivity index (χ1n) is 4.09. The molecule has 2 unspecified atom stereocenters. The molecule has 3 nitrogen and oxygen atoms in total. The van der Waals surface area contributed by atoms with Gasteiger partial charge in [0.15, 0.2) is 0 Å². The van der Waals surface area contributed by atoms with E-state index in [-0.39, 0.29) is 23.7 Å². The fraction of sp³-hybridized carbons (Fsp3) is 0.750. The molecule has 0 aromatic heterocycles. The SMILES string of the molecule is O=C1CCC2NC1CCC2=O. The van der Waals surface area contributed by atoms with Gasteiger partial charge < -0.3 is 0 Å². The highest BCUT2D eigenvalue weighted by Crippen LogP contribution is 2.20. The van der Waals surface area contributed by atoms with Gasteiger partial charge in [-0.25, -0.2) is 0 Å². The lowest BCUT2D eigenvalue weighted by Crippen LogP contribution is -2.55. The van der Waals surface area contributed by atoms with Crippen molar-refractivity contribution in [3.63, 3.8) is 0 Å². The van der Waals surface area contributed by atoms with Crippen LogP contribution >= 0.6 is 0 Å². The van der Waals surface area contributed by atoms with Crippen molar-refractivity contribution in [3.05, 3.63) is 0 Å². The molecule has 1 N–H and O–H groups in total. The Morgan fingerprint density at radius 2 is 1.45 bits per heavy atom. The molecular formula is C8H11NO2. The summed E-state index contributed by atoms with van der Waals surface area (Å²) in [7, 11) is 0. The summed E-state index contributed by atoms with van der Waals surface area (Å²) in [5.41, 5.74) is 0. The molecule has 2 fully saturated rings. The first-order valence-corrected chi connectivity index (χ1v) is 4.09. The van der Waals surface area contributed by atoms with Crippen LogP contribution in [0, 0.1) is 0 Å². The van der Waals surface area contributed by atoms with Crippen LogP contribution in [0.5, 0.6) is 0 Å². The molecule has 2 aliphatic heterocycles. The largest absolute Gasteiger partial charge is 0.298 e. The van der Waals surface area contributed by atoms with Crippen LogP contribution in [0.2, 0.25) is 0 Å². The van der Waals surface area contributed by atoms with Crippen LogP contribution in [0.1, 0.15) is 25.7 Å². The maximum Gasteiger partial charge on any atom is 0.149 e. The maximum atomic E-state index is 11.1. The predicted octanol–water partition coefficient (Wildman–Crippen LogP) is 0.0390. The van der Waals surface area contributed by atoms with Gasteiger partial charge in [0.2, 0.25) is 0 Å². The van der Waals surface area contributed by atoms with E-state index in [1.807, 2.05) is 0 Å². The van der Waals surface area contributed by atoms with E-state index in [0.717, 1.165) is 0 Å². The molecule has 0 saturated carbocycles. The summed E-state index contributed by atoms with van der Waals surface area (Å²) in [5.74, 6) is 0.572. The minimum Gasteiger partial charge on any atom is -0.298 e. The van der Waals surface area contributed by atoms with Gasteiger partial charge >= 0.3 is 0 Å². The minimum absolute atomic E-state index is 0.00792. The Labute approximate surface area is 65.2 Å². The van der Waals surface area contributed by atoms with Crippen molar-refractivity contribution >= 4 is 11.6 Å². The van der Waals surface area contributed by atoms with Gasteiger partial charge in [-0.15, -0.1) is 0 Å². The molecular weight excluding hydrogens is 142 g/mol. The number of carbonyl (C=O) groups excluding carboxylic acids is 2. The molecule has 0 aromatic carbocycles. The lowest BCUT2D eigenvalue weighted by atomic mass is 9.85. The first-order chi connectivity index (χ1) is 5.27. The van der Waals surface area contributed by atoms with Gasteiger partial charge in [0, 0.05) is 12.8 Å². The van der Waals surface area contributed by atoms with Crippen molar-refractivity contribution < 1.29 is 9.59 Å². The quantitative estimate of drug-likeness (QED) is 0.534. The molecule has 0 spiro atoms. The van der Waals surface area contributed by atoms with Crippen LogP contribution < -0.4 is 5.32 Å². The molecule has 2 heterocycles. The van der Waals surface area contributed by atoms with Crippen molar-refractivity contribution in [1.82, 2.24) is 5.32 Å². The minimum atomic E-state index is -0.00792. The van der Waals surface area contributed by atoms with Crippen molar-refractivity contribution in [1.29, 1.82) is 0 Å². The van der Waals surface area contributed by atoms with Crippen molar-refractivity contribution in [3.8, 4) is 0 Å². The fourth-order valence-electron chi connectivity index (χ4n) is 1.84. The Kier molecular flexibility index (Phi) is 1.53. The molecule has 0 amide bonds. The predicted molar refractivity (Wildman–Crippen MR) is 39.2 cm³/mol. The average molecular weight is 153 g/mol. The van der Waals surface area contributed by atoms with Gasteiger partial charge in [0.25, 0.3) is 0 Å². The number of hydrogen-bond donors (Lipinski definition) is 1. The third-order valence-corrected chi connectivity index (χ3v) is 2.54. The number of carbonyl (C=O) groups is 2. The summed E-state index contributed by atoms with van der Waals surface area (Å²) in [6.07, 6.45) is 2.62. The molecule has 0 aromatic rings. The summed E-state index contributed by atoms with van der Waals surface area (Å²) in [4.78, 5) is 22.3. The van der Waals surface area contributed by atoms with Gasteiger partial charge in [-0.3, -0.25) is 14.9 Å². The fourth-order valence-corrected chi connectivity index (χ4v) is 1.84. The van der Waals surface area contributed by atoms with Gasteiger partial charge in [-0.05, 0) is 12.8 Å². The molecule has 11 heavy (non-hydrogen) atoms. The number of piperidine rings is 2. The van der Waals surface area contributed by atoms with E-state index in [9.17, 15) is 9.59 Å². The Morgan fingerprint density at radius 1 is 1.00 bits per heavy atom. The summed E-state index contributed by atoms with van der Waals surface area (Å²) >= 11 is 0. The number of fused-ring (bicyclic) bond motifs is 2. The van der Waals surface area contributed by atoms with Gasteiger partial charge in [0.05, 0.1) is 12.1 Å². The molecule has 2 rings (SSSR count). The Hall–Kier alpha value is -0.700. The molecule has 2 bridgehead atoms. The van der Waals surface area contributed by atoms with Crippen LogP contribution in [-0.4, -0.2) is 23.7 Å². The molecule has 0 aliphatic carbocycles. The van der Waals surface area contributed by atoms with E-state index < -0.39 is 0 Å². The monoisotopic (exact) mass is 153 g/mol. The van der Waals surface area contributed by atoms with Crippen molar-refractivity contribution in [2.75, 3.05) is 0 Å². The molecule has 0 radical (unpaired) electrons. The van der Waals surface area contributed by atoms with Gasteiger partial charge in [-0.1, -0.05) is 0 Å². The van der Waals surface area contributed by atoms with Crippen LogP contribution in [0.25, 0.3) is 0 Å². The van der Waals surface area contributed by atoms with Crippen molar-refractivity contribution in [2.45, 2.75) is 37.8 Å². The maximum absolute atomic E-state index is 11.1. The highest BCUT2D eigenvalue weighted by atomic mass is 16.1. The molecule has 2 saturated heterocycles. The molecule has 60 valence electrons. The second-order valence-corrected chi connectivity index (χ2v) is 3.28. The summed E-state index contributed by atoms with van der Waals surface area (Å²) in [5, 5.41) is 3.05. The standard InChI is InChI=1S/C8H11NO2/c10-7-3-1-5-8(11)4-2-6(7)9-5/h5-6,9H,1-4H2. The van der Waals surface area contributed by atoms with Crippen LogP contribution in [0.3, 0.4) is 0 Å². The number of nitrogens with one attached hydrogen (secondary N) is 1. The number of rotatable bonds is 0. The lowest BCUT2D eigenvalue weighted by molar-refractivity contribution is -0.130. The normalized spacial score (nSPS) is 37.5. The van der Waals surface area contributed by atoms with E-state index >= 15 is 0 Å². The third-order valence-electron chi connectivity index (χ3n) is 2.54. The highest BCUT2D eigenvalue weighted by molar-refractivity contribution is 5.93. The lowest BCUT2D eigenvalue weighted by Gasteiger charge is -2.33. The summed E-state index contributed by atoms with van der Waals surface area (Å²) in [6, 6.07) is -0.0158. The van der Waals surface area contributed by atoms with Crippen LogP contribution in [-0.2, 0) is 9.59 Å². The summed E-state index contributed by atoms with van der Waals surface area (Å²) < 4.78 is 0. The van der Waals surface area contributed by atoms with E-state index in [1.165, 1.54) is 0 Å². The highest BCUT2D eigenvalue weighted by Gasteiger charge is 2.35. The zero-order chi connectivity index (χ0) is 7.84. The van der Waals surface area contributed by atoms with Gasteiger partial charge in [-0.2, -0.15) is 0 Å². The van der Waals surface area contributed by atoms with E-state index in [4.69, 9.17) is 0 Å². The third kappa shape index (κ3) is 1.09. The molecule has 2 aliphatic rings. The average Bonchev–Trinajstić information content (AvgIpc) is 2.02. The second kappa shape index (κ2) is 2.41. The second-order valence-electron chi connectivity index (χ2n) is 3.28. The van der Waals surface area contributed by atoms with Crippen LogP contribution in [0.15, 0.2) is 0 Å². The zero-order valence-electron chi connectivity index (χ0n) is 6.30. The molecule has 2 atom stereocenters. The Balaban J connectivity index is 2.14.